The van der Waals surface area contributed by atoms with Gasteiger partial charge in [0.1, 0.15) is 5.75 Å². The van der Waals surface area contributed by atoms with Crippen LogP contribution in [-0.4, -0.2) is 30.3 Å². The molecule has 0 aromatic heterocycles. The van der Waals surface area contributed by atoms with E-state index in [-0.39, 0.29) is 11.8 Å². The number of rotatable bonds is 3. The van der Waals surface area contributed by atoms with Crippen molar-refractivity contribution < 1.29 is 9.90 Å². The summed E-state index contributed by atoms with van der Waals surface area (Å²) in [5.74, 6) is 0.186. The molecule has 0 radical (unpaired) electrons. The van der Waals surface area contributed by atoms with Gasteiger partial charge in [0.15, 0.2) is 0 Å². The summed E-state index contributed by atoms with van der Waals surface area (Å²) in [6, 6.07) is 6.55. The average Bonchev–Trinajstić information content (AvgIpc) is 2.83. The number of carbonyl (C=O) groups is 1. The van der Waals surface area contributed by atoms with Gasteiger partial charge in [0.2, 0.25) is 0 Å². The van der Waals surface area contributed by atoms with Gasteiger partial charge in [0, 0.05) is 18.3 Å². The van der Waals surface area contributed by atoms with Gasteiger partial charge < -0.3 is 21.1 Å². The molecule has 1 unspecified atom stereocenters. The van der Waals surface area contributed by atoms with Gasteiger partial charge in [0.05, 0.1) is 0 Å². The average molecular weight is 235 g/mol. The van der Waals surface area contributed by atoms with Gasteiger partial charge in [-0.3, -0.25) is 0 Å². The second kappa shape index (κ2) is 5.54. The van der Waals surface area contributed by atoms with Gasteiger partial charge in [-0.1, -0.05) is 0 Å². The Morgan fingerprint density at radius 3 is 2.82 bits per heavy atom. The smallest absolute Gasteiger partial charge is 0.319 e. The lowest BCUT2D eigenvalue weighted by Crippen LogP contribution is -2.39. The Labute approximate surface area is 100 Å². The summed E-state index contributed by atoms with van der Waals surface area (Å²) in [5.41, 5.74) is 0.666. The van der Waals surface area contributed by atoms with Gasteiger partial charge in [-0.05, 0) is 43.7 Å². The van der Waals surface area contributed by atoms with Crippen molar-refractivity contribution >= 4 is 11.7 Å². The van der Waals surface area contributed by atoms with Crippen LogP contribution in [0.5, 0.6) is 5.75 Å². The summed E-state index contributed by atoms with van der Waals surface area (Å²) >= 11 is 0. The molecule has 0 bridgehead atoms. The fourth-order valence-corrected chi connectivity index (χ4v) is 1.87. The normalized spacial score (nSPS) is 18.9. The number of carbonyl (C=O) groups excluding carboxylic acids is 1. The first-order valence-corrected chi connectivity index (χ1v) is 5.81. The monoisotopic (exact) mass is 235 g/mol. The molecule has 17 heavy (non-hydrogen) atoms. The zero-order chi connectivity index (χ0) is 12.1. The Morgan fingerprint density at radius 1 is 1.41 bits per heavy atom. The largest absolute Gasteiger partial charge is 0.508 e. The van der Waals surface area contributed by atoms with Gasteiger partial charge in [-0.2, -0.15) is 0 Å². The van der Waals surface area contributed by atoms with Crippen molar-refractivity contribution in [3.63, 3.8) is 0 Å². The Bertz CT molecular complexity index is 372. The van der Waals surface area contributed by atoms with Crippen molar-refractivity contribution in [3.8, 4) is 5.75 Å². The fraction of sp³-hybridized carbons (Fsp3) is 0.417. The van der Waals surface area contributed by atoms with Crippen LogP contribution >= 0.6 is 0 Å². The fourth-order valence-electron chi connectivity index (χ4n) is 1.87. The third-order valence-electron chi connectivity index (χ3n) is 2.80. The second-order valence-corrected chi connectivity index (χ2v) is 4.18. The highest BCUT2D eigenvalue weighted by Gasteiger charge is 2.14. The molecule has 0 saturated carbocycles. The highest BCUT2D eigenvalue weighted by Crippen LogP contribution is 2.13. The minimum atomic E-state index is -0.218. The molecule has 2 rings (SSSR count). The maximum Gasteiger partial charge on any atom is 0.319 e. The molecular formula is C12H17N3O2. The van der Waals surface area contributed by atoms with Crippen LogP contribution in [-0.2, 0) is 0 Å². The van der Waals surface area contributed by atoms with Crippen molar-refractivity contribution in [2.45, 2.75) is 18.9 Å². The quantitative estimate of drug-likeness (QED) is 0.596. The predicted octanol–water partition coefficient (Wildman–Crippen LogP) is 1.27. The maximum atomic E-state index is 11.5. The van der Waals surface area contributed by atoms with Gasteiger partial charge in [0.25, 0.3) is 0 Å². The Balaban J connectivity index is 1.74. The predicted molar refractivity (Wildman–Crippen MR) is 66.2 cm³/mol. The number of urea groups is 1. The zero-order valence-electron chi connectivity index (χ0n) is 9.57. The van der Waals surface area contributed by atoms with Crippen molar-refractivity contribution in [1.82, 2.24) is 10.6 Å². The van der Waals surface area contributed by atoms with E-state index in [2.05, 4.69) is 16.0 Å². The van der Waals surface area contributed by atoms with Crippen molar-refractivity contribution in [2.24, 2.45) is 0 Å². The third kappa shape index (κ3) is 3.64. The van der Waals surface area contributed by atoms with E-state index in [9.17, 15) is 4.79 Å². The number of anilines is 1. The zero-order valence-corrected chi connectivity index (χ0v) is 9.57. The molecule has 4 N–H and O–H groups in total. The van der Waals surface area contributed by atoms with E-state index in [0.29, 0.717) is 18.3 Å². The Hall–Kier alpha value is -1.75. The lowest BCUT2D eigenvalue weighted by Gasteiger charge is -2.12. The second-order valence-electron chi connectivity index (χ2n) is 4.18. The molecule has 1 saturated heterocycles. The first kappa shape index (κ1) is 11.7. The number of hydrogen-bond donors (Lipinski definition) is 4. The van der Waals surface area contributed by atoms with Gasteiger partial charge >= 0.3 is 6.03 Å². The number of amides is 2. The summed E-state index contributed by atoms with van der Waals surface area (Å²) < 4.78 is 0. The van der Waals surface area contributed by atoms with E-state index < -0.39 is 0 Å². The molecule has 1 aliphatic rings. The standard InChI is InChI=1S/C12H17N3O2/c16-11-5-3-9(4-6-11)15-12(17)14-8-10-2-1-7-13-10/h3-6,10,13,16H,1-2,7-8H2,(H2,14,15,17). The molecule has 1 fully saturated rings. The number of benzene rings is 1. The van der Waals surface area contributed by atoms with E-state index in [4.69, 9.17) is 5.11 Å². The van der Waals surface area contributed by atoms with Gasteiger partial charge in [-0.25, -0.2) is 4.79 Å². The minimum absolute atomic E-state index is 0.186. The van der Waals surface area contributed by atoms with Crippen LogP contribution in [0, 0.1) is 0 Å². The minimum Gasteiger partial charge on any atom is -0.508 e. The summed E-state index contributed by atoms with van der Waals surface area (Å²) in [6.07, 6.45) is 2.28. The van der Waals surface area contributed by atoms with E-state index in [0.717, 1.165) is 13.0 Å². The van der Waals surface area contributed by atoms with Crippen molar-refractivity contribution in [1.29, 1.82) is 0 Å². The maximum absolute atomic E-state index is 11.5. The molecule has 1 aromatic rings. The summed E-state index contributed by atoms with van der Waals surface area (Å²) in [7, 11) is 0. The summed E-state index contributed by atoms with van der Waals surface area (Å²) in [6.45, 7) is 1.68. The van der Waals surface area contributed by atoms with Crippen LogP contribution in [0.2, 0.25) is 0 Å². The van der Waals surface area contributed by atoms with Crippen molar-refractivity contribution in [3.05, 3.63) is 24.3 Å². The number of phenols is 1. The molecule has 1 aromatic carbocycles. The van der Waals surface area contributed by atoms with Crippen LogP contribution in [0.25, 0.3) is 0 Å². The highest BCUT2D eigenvalue weighted by atomic mass is 16.3. The number of hydrogen-bond acceptors (Lipinski definition) is 3. The molecule has 92 valence electrons. The van der Waals surface area contributed by atoms with E-state index in [1.165, 1.54) is 18.6 Å². The van der Waals surface area contributed by atoms with E-state index in [1.54, 1.807) is 12.1 Å². The number of aromatic hydroxyl groups is 1. The molecule has 1 aliphatic heterocycles. The first-order valence-electron chi connectivity index (χ1n) is 5.81. The van der Waals surface area contributed by atoms with Crippen LogP contribution in [0.15, 0.2) is 24.3 Å². The lowest BCUT2D eigenvalue weighted by atomic mass is 10.2. The van der Waals surface area contributed by atoms with E-state index in [1.807, 2.05) is 0 Å². The van der Waals surface area contributed by atoms with Gasteiger partial charge in [-0.15, -0.1) is 0 Å². The van der Waals surface area contributed by atoms with Crippen molar-refractivity contribution in [2.75, 3.05) is 18.4 Å². The van der Waals surface area contributed by atoms with Crippen LogP contribution in [0.4, 0.5) is 10.5 Å². The van der Waals surface area contributed by atoms with Crippen LogP contribution in [0.1, 0.15) is 12.8 Å². The Kier molecular flexibility index (Phi) is 3.82. The molecule has 1 heterocycles. The molecule has 5 nitrogen and oxygen atoms in total. The molecule has 1 atom stereocenters. The summed E-state index contributed by atoms with van der Waals surface area (Å²) in [4.78, 5) is 11.5. The first-order chi connectivity index (χ1) is 8.24. The molecule has 0 spiro atoms. The molecule has 5 heteroatoms. The molecule has 2 amide bonds. The highest BCUT2D eigenvalue weighted by molar-refractivity contribution is 5.89. The van der Waals surface area contributed by atoms with Crippen LogP contribution < -0.4 is 16.0 Å². The lowest BCUT2D eigenvalue weighted by molar-refractivity contribution is 0.251. The number of nitrogens with one attached hydrogen (secondary N) is 3. The number of phenolic OH excluding ortho intramolecular Hbond substituents is 1. The summed E-state index contributed by atoms with van der Waals surface area (Å²) in [5, 5.41) is 17.9. The third-order valence-corrected chi connectivity index (χ3v) is 2.80. The van der Waals surface area contributed by atoms with E-state index >= 15 is 0 Å². The van der Waals surface area contributed by atoms with Crippen LogP contribution in [0.3, 0.4) is 0 Å². The Morgan fingerprint density at radius 2 is 2.18 bits per heavy atom. The molecular weight excluding hydrogens is 218 g/mol. The SMILES string of the molecule is O=C(NCC1CCCN1)Nc1ccc(O)cc1. The molecule has 0 aliphatic carbocycles. The topological polar surface area (TPSA) is 73.4 Å².